The van der Waals surface area contributed by atoms with Gasteiger partial charge >= 0.3 is 0 Å². The molecule has 0 aromatic heterocycles. The van der Waals surface area contributed by atoms with Crippen molar-refractivity contribution in [2.45, 2.75) is 26.7 Å². The lowest BCUT2D eigenvalue weighted by Gasteiger charge is -2.22. The molecule has 0 bridgehead atoms. The van der Waals surface area contributed by atoms with E-state index in [1.807, 2.05) is 12.2 Å². The second kappa shape index (κ2) is 9.15. The van der Waals surface area contributed by atoms with Crippen LogP contribution in [-0.2, 0) is 0 Å². The first kappa shape index (κ1) is 21.9. The fraction of sp³-hybridized carbons (Fsp3) is 0.118. The lowest BCUT2D eigenvalue weighted by atomic mass is 9.82. The fourth-order valence-electron chi connectivity index (χ4n) is 5.41. The largest absolute Gasteiger partial charge is 0.0984 e. The van der Waals surface area contributed by atoms with Gasteiger partial charge in [-0.2, -0.15) is 0 Å². The van der Waals surface area contributed by atoms with Gasteiger partial charge in [0.05, 0.1) is 0 Å². The van der Waals surface area contributed by atoms with Crippen LogP contribution in [0.25, 0.3) is 57.7 Å². The first-order chi connectivity index (χ1) is 16.6. The normalized spacial score (nSPS) is 12.3. The summed E-state index contributed by atoms with van der Waals surface area (Å²) in [6, 6.07) is 26.0. The topological polar surface area (TPSA) is 0 Å². The van der Waals surface area contributed by atoms with Gasteiger partial charge in [-0.15, -0.1) is 0 Å². The molecule has 0 fully saturated rings. The quantitative estimate of drug-likeness (QED) is 0.297. The van der Waals surface area contributed by atoms with Crippen molar-refractivity contribution in [1.29, 1.82) is 0 Å². The van der Waals surface area contributed by atoms with Crippen LogP contribution < -0.4 is 10.4 Å². The molecule has 0 nitrogen and oxygen atoms in total. The van der Waals surface area contributed by atoms with Gasteiger partial charge in [0.25, 0.3) is 0 Å². The molecule has 0 radical (unpaired) electrons. The summed E-state index contributed by atoms with van der Waals surface area (Å²) in [4.78, 5) is 0. The molecule has 0 heteroatoms. The van der Waals surface area contributed by atoms with E-state index in [1.54, 1.807) is 0 Å². The Bertz CT molecular complexity index is 1520. The van der Waals surface area contributed by atoms with E-state index in [0.717, 1.165) is 24.0 Å². The van der Waals surface area contributed by atoms with Gasteiger partial charge in [0, 0.05) is 0 Å². The highest BCUT2D eigenvalue weighted by molar-refractivity contribution is 5.92. The molecule has 5 rings (SSSR count). The molecular weight excluding hydrogens is 408 g/mol. The van der Waals surface area contributed by atoms with Crippen LogP contribution in [-0.4, -0.2) is 0 Å². The van der Waals surface area contributed by atoms with Crippen molar-refractivity contribution in [3.8, 4) is 33.4 Å². The van der Waals surface area contributed by atoms with E-state index in [4.69, 9.17) is 0 Å². The standard InChI is InChI=1S/C34H30/c1-5-27-28(6-2)33(23(3)21-31(27)25-15-9-7-10-16-25)34-24(4)22-32(26-17-11-8-12-18-26)29-19-13-14-20-30(29)34/h5-12,15-22H,1-2,13-14H2,3-4H3. The number of hydrogen-bond acceptors (Lipinski definition) is 0. The second-order valence-electron chi connectivity index (χ2n) is 9.01. The van der Waals surface area contributed by atoms with Crippen molar-refractivity contribution in [3.05, 3.63) is 119 Å². The van der Waals surface area contributed by atoms with E-state index in [-0.39, 0.29) is 0 Å². The first-order valence-electron chi connectivity index (χ1n) is 12.0. The highest BCUT2D eigenvalue weighted by atomic mass is 14.2. The molecule has 1 aliphatic carbocycles. The molecule has 0 N–H and O–H groups in total. The summed E-state index contributed by atoms with van der Waals surface area (Å²) in [5.74, 6) is 0. The Balaban J connectivity index is 1.86. The summed E-state index contributed by atoms with van der Waals surface area (Å²) in [5.41, 5.74) is 12.4. The zero-order valence-corrected chi connectivity index (χ0v) is 20.1. The number of fused-ring (bicyclic) bond motifs is 1. The predicted octanol–water partition coefficient (Wildman–Crippen LogP) is 7.95. The lowest BCUT2D eigenvalue weighted by Crippen LogP contribution is -2.32. The van der Waals surface area contributed by atoms with Crippen molar-refractivity contribution in [2.75, 3.05) is 0 Å². The fourth-order valence-corrected chi connectivity index (χ4v) is 5.41. The Morgan fingerprint density at radius 3 is 1.68 bits per heavy atom. The van der Waals surface area contributed by atoms with Gasteiger partial charge in [-0.1, -0.05) is 110 Å². The van der Waals surface area contributed by atoms with E-state index in [1.165, 1.54) is 54.9 Å². The number of benzene rings is 4. The smallest absolute Gasteiger partial charge is 0.00671 e. The molecule has 0 saturated heterocycles. The molecule has 166 valence electrons. The van der Waals surface area contributed by atoms with Gasteiger partial charge in [-0.05, 0) is 92.8 Å². The summed E-state index contributed by atoms with van der Waals surface area (Å²) in [6.07, 6.45) is 11.0. The zero-order chi connectivity index (χ0) is 23.7. The van der Waals surface area contributed by atoms with Crippen molar-refractivity contribution in [2.24, 2.45) is 0 Å². The van der Waals surface area contributed by atoms with E-state index in [9.17, 15) is 0 Å². The van der Waals surface area contributed by atoms with E-state index >= 15 is 0 Å². The maximum Gasteiger partial charge on any atom is -0.00671 e. The number of hydrogen-bond donors (Lipinski definition) is 0. The third kappa shape index (κ3) is 3.66. The van der Waals surface area contributed by atoms with Gasteiger partial charge in [-0.25, -0.2) is 0 Å². The van der Waals surface area contributed by atoms with Crippen molar-refractivity contribution >= 4 is 24.3 Å². The maximum atomic E-state index is 4.24. The molecule has 34 heavy (non-hydrogen) atoms. The Kier molecular flexibility index (Phi) is 5.90. The van der Waals surface area contributed by atoms with Gasteiger partial charge in [0.2, 0.25) is 0 Å². The number of aryl methyl sites for hydroxylation is 2. The summed E-state index contributed by atoms with van der Waals surface area (Å²) in [6.45, 7) is 12.9. The van der Waals surface area contributed by atoms with Crippen LogP contribution in [0.1, 0.15) is 35.1 Å². The Hall–Kier alpha value is -3.90. The van der Waals surface area contributed by atoms with Gasteiger partial charge in [-0.3, -0.25) is 0 Å². The monoisotopic (exact) mass is 438 g/mol. The lowest BCUT2D eigenvalue weighted by molar-refractivity contribution is 1.11. The van der Waals surface area contributed by atoms with Crippen LogP contribution in [0, 0.1) is 13.8 Å². The molecule has 0 amide bonds. The molecule has 0 saturated carbocycles. The maximum absolute atomic E-state index is 4.24. The minimum absolute atomic E-state index is 1.07. The molecule has 4 aromatic rings. The van der Waals surface area contributed by atoms with Gasteiger partial charge in [0.15, 0.2) is 0 Å². The molecule has 0 heterocycles. The van der Waals surface area contributed by atoms with Gasteiger partial charge < -0.3 is 0 Å². The summed E-state index contributed by atoms with van der Waals surface area (Å²) in [5, 5.41) is 2.69. The molecule has 0 aliphatic heterocycles. The van der Waals surface area contributed by atoms with Crippen LogP contribution in [0.3, 0.4) is 0 Å². The van der Waals surface area contributed by atoms with E-state index in [2.05, 4.69) is 112 Å². The highest BCUT2D eigenvalue weighted by Gasteiger charge is 2.19. The summed E-state index contributed by atoms with van der Waals surface area (Å²) < 4.78 is 0. The third-order valence-corrected chi connectivity index (χ3v) is 6.90. The summed E-state index contributed by atoms with van der Waals surface area (Å²) in [7, 11) is 0. The molecule has 0 unspecified atom stereocenters. The van der Waals surface area contributed by atoms with Crippen LogP contribution >= 0.6 is 0 Å². The molecule has 0 atom stereocenters. The molecule has 0 spiro atoms. The number of rotatable bonds is 5. The predicted molar refractivity (Wildman–Crippen MR) is 150 cm³/mol. The van der Waals surface area contributed by atoms with Crippen LogP contribution in [0.4, 0.5) is 0 Å². The van der Waals surface area contributed by atoms with Crippen LogP contribution in [0.15, 0.2) is 86.0 Å². The second-order valence-corrected chi connectivity index (χ2v) is 9.01. The first-order valence-corrected chi connectivity index (χ1v) is 12.0. The van der Waals surface area contributed by atoms with Crippen molar-refractivity contribution < 1.29 is 0 Å². The minimum atomic E-state index is 1.07. The highest BCUT2D eigenvalue weighted by Crippen LogP contribution is 2.38. The molecule has 1 aliphatic rings. The van der Waals surface area contributed by atoms with Crippen molar-refractivity contribution in [1.82, 2.24) is 0 Å². The average molecular weight is 439 g/mol. The Labute approximate surface area is 202 Å². The average Bonchev–Trinajstić information content (AvgIpc) is 2.89. The van der Waals surface area contributed by atoms with Gasteiger partial charge in [0.1, 0.15) is 0 Å². The molecular formula is C34H30. The molecule has 4 aromatic carbocycles. The SMILES string of the molecule is C=Cc1c(-c2ccccc2)cc(C)c(-c2c(C)cc(-c3ccccc3)c3c2=CCCC=3)c1C=C. The Morgan fingerprint density at radius 1 is 0.588 bits per heavy atom. The summed E-state index contributed by atoms with van der Waals surface area (Å²) >= 11 is 0. The minimum Gasteiger partial charge on any atom is -0.0984 e. The van der Waals surface area contributed by atoms with Crippen molar-refractivity contribution in [3.63, 3.8) is 0 Å². The van der Waals surface area contributed by atoms with Crippen LogP contribution in [0.5, 0.6) is 0 Å². The van der Waals surface area contributed by atoms with E-state index < -0.39 is 0 Å². The third-order valence-electron chi connectivity index (χ3n) is 6.90. The Morgan fingerprint density at radius 2 is 1.09 bits per heavy atom. The zero-order valence-electron chi connectivity index (χ0n) is 20.1. The van der Waals surface area contributed by atoms with E-state index in [0.29, 0.717) is 0 Å². The van der Waals surface area contributed by atoms with Crippen LogP contribution in [0.2, 0.25) is 0 Å².